The number of carbonyl (C=O) groups is 1. The van der Waals surface area contributed by atoms with Gasteiger partial charge in [0.25, 0.3) is 0 Å². The van der Waals surface area contributed by atoms with Crippen LogP contribution in [0.2, 0.25) is 0 Å². The van der Waals surface area contributed by atoms with E-state index in [4.69, 9.17) is 4.74 Å². The molecule has 2 fully saturated rings. The number of sulfone groups is 1. The molecule has 1 amide bonds. The first-order valence-electron chi connectivity index (χ1n) is 6.43. The Kier molecular flexibility index (Phi) is 4.45. The zero-order valence-corrected chi connectivity index (χ0v) is 11.2. The number of hydrogen-bond acceptors (Lipinski definition) is 5. The van der Waals surface area contributed by atoms with Gasteiger partial charge < -0.3 is 15.4 Å². The Morgan fingerprint density at radius 3 is 2.33 bits per heavy atom. The molecule has 2 N–H and O–H groups in total. The first-order chi connectivity index (χ1) is 8.55. The molecule has 0 unspecified atom stereocenters. The summed E-state index contributed by atoms with van der Waals surface area (Å²) in [6.07, 6.45) is 1.99. The third-order valence-electron chi connectivity index (χ3n) is 3.44. The van der Waals surface area contributed by atoms with Crippen LogP contribution in [0.5, 0.6) is 0 Å². The predicted octanol–water partition coefficient (Wildman–Crippen LogP) is 0.0418. The first-order valence-corrected chi connectivity index (χ1v) is 8.25. The molecule has 0 atom stereocenters. The van der Waals surface area contributed by atoms with Gasteiger partial charge in [0, 0.05) is 6.04 Å². The van der Waals surface area contributed by atoms with Gasteiger partial charge >= 0.3 is 6.09 Å². The average molecular weight is 276 g/mol. The fourth-order valence-corrected chi connectivity index (χ4v) is 3.75. The molecular formula is C11H20N2O4S. The minimum Gasteiger partial charge on any atom is -0.446 e. The number of rotatable bonds is 2. The molecule has 0 bridgehead atoms. The SMILES string of the molecule is O=C(NC1CCNCC1)OC1CCS(=O)(=O)CC1. The number of nitrogens with one attached hydrogen (secondary N) is 2. The summed E-state index contributed by atoms with van der Waals surface area (Å²) in [5, 5.41) is 6.06. The zero-order chi connectivity index (χ0) is 13.0. The van der Waals surface area contributed by atoms with Crippen molar-refractivity contribution in [1.82, 2.24) is 10.6 Å². The molecule has 0 aromatic heterocycles. The van der Waals surface area contributed by atoms with Crippen molar-refractivity contribution in [2.75, 3.05) is 24.6 Å². The van der Waals surface area contributed by atoms with Gasteiger partial charge in [-0.3, -0.25) is 0 Å². The average Bonchev–Trinajstić information content (AvgIpc) is 2.33. The summed E-state index contributed by atoms with van der Waals surface area (Å²) in [7, 11) is -2.90. The second-order valence-corrected chi connectivity index (χ2v) is 7.23. The highest BCUT2D eigenvalue weighted by molar-refractivity contribution is 7.91. The van der Waals surface area contributed by atoms with E-state index in [1.54, 1.807) is 0 Å². The summed E-state index contributed by atoms with van der Waals surface area (Å²) in [4.78, 5) is 11.6. The van der Waals surface area contributed by atoms with Crippen molar-refractivity contribution in [3.63, 3.8) is 0 Å². The molecule has 0 saturated carbocycles. The zero-order valence-electron chi connectivity index (χ0n) is 10.4. The molecule has 2 aliphatic heterocycles. The molecule has 2 heterocycles. The molecule has 2 saturated heterocycles. The van der Waals surface area contributed by atoms with Crippen molar-refractivity contribution in [1.29, 1.82) is 0 Å². The van der Waals surface area contributed by atoms with Gasteiger partial charge in [0.1, 0.15) is 6.10 Å². The molecular weight excluding hydrogens is 256 g/mol. The normalized spacial score (nSPS) is 25.6. The minimum atomic E-state index is -2.90. The van der Waals surface area contributed by atoms with Crippen LogP contribution < -0.4 is 10.6 Å². The lowest BCUT2D eigenvalue weighted by molar-refractivity contribution is 0.0875. The van der Waals surface area contributed by atoms with Gasteiger partial charge in [-0.1, -0.05) is 0 Å². The highest BCUT2D eigenvalue weighted by Gasteiger charge is 2.27. The van der Waals surface area contributed by atoms with Crippen molar-refractivity contribution < 1.29 is 17.9 Å². The maximum atomic E-state index is 11.6. The summed E-state index contributed by atoms with van der Waals surface area (Å²) >= 11 is 0. The molecule has 6 nitrogen and oxygen atoms in total. The molecule has 0 aliphatic carbocycles. The van der Waals surface area contributed by atoms with Gasteiger partial charge in [-0.25, -0.2) is 13.2 Å². The van der Waals surface area contributed by atoms with E-state index in [1.807, 2.05) is 0 Å². The van der Waals surface area contributed by atoms with Crippen LogP contribution in [0.1, 0.15) is 25.7 Å². The Morgan fingerprint density at radius 1 is 1.11 bits per heavy atom. The molecule has 0 aromatic carbocycles. The lowest BCUT2D eigenvalue weighted by atomic mass is 10.1. The van der Waals surface area contributed by atoms with Gasteiger partial charge in [-0.15, -0.1) is 0 Å². The van der Waals surface area contributed by atoms with Gasteiger partial charge in [0.15, 0.2) is 9.84 Å². The topological polar surface area (TPSA) is 84.5 Å². The molecule has 0 spiro atoms. The first kappa shape index (κ1) is 13.6. The van der Waals surface area contributed by atoms with E-state index in [-0.39, 0.29) is 23.7 Å². The Bertz CT molecular complexity index is 376. The third-order valence-corrected chi connectivity index (χ3v) is 5.15. The third kappa shape index (κ3) is 4.13. The number of piperidine rings is 1. The molecule has 0 radical (unpaired) electrons. The standard InChI is InChI=1S/C11H20N2O4S/c14-11(13-9-1-5-12-6-2-9)17-10-3-7-18(15,16)8-4-10/h9-10,12H,1-8H2,(H,13,14). The molecule has 0 aromatic rings. The predicted molar refractivity (Wildman–Crippen MR) is 67.2 cm³/mol. The van der Waals surface area contributed by atoms with E-state index in [2.05, 4.69) is 10.6 Å². The fraction of sp³-hybridized carbons (Fsp3) is 0.909. The fourth-order valence-electron chi connectivity index (χ4n) is 2.30. The molecule has 2 aliphatic rings. The van der Waals surface area contributed by atoms with Gasteiger partial charge in [0.05, 0.1) is 11.5 Å². The lowest BCUT2D eigenvalue weighted by Gasteiger charge is -2.26. The quantitative estimate of drug-likeness (QED) is 0.744. The second kappa shape index (κ2) is 5.88. The Morgan fingerprint density at radius 2 is 1.72 bits per heavy atom. The maximum Gasteiger partial charge on any atom is 0.407 e. The minimum absolute atomic E-state index is 0.123. The van der Waals surface area contributed by atoms with E-state index in [1.165, 1.54) is 0 Å². The summed E-state index contributed by atoms with van der Waals surface area (Å²) in [6, 6.07) is 0.172. The van der Waals surface area contributed by atoms with Crippen molar-refractivity contribution in [2.45, 2.75) is 37.8 Å². The number of amides is 1. The Hall–Kier alpha value is -0.820. The van der Waals surface area contributed by atoms with Crippen LogP contribution in [0.25, 0.3) is 0 Å². The Labute approximate surface area is 107 Å². The van der Waals surface area contributed by atoms with Gasteiger partial charge in [-0.05, 0) is 38.8 Å². The summed E-state index contributed by atoms with van der Waals surface area (Å²) in [5.41, 5.74) is 0. The van der Waals surface area contributed by atoms with Gasteiger partial charge in [-0.2, -0.15) is 0 Å². The van der Waals surface area contributed by atoms with Crippen LogP contribution in [0.3, 0.4) is 0 Å². The summed E-state index contributed by atoms with van der Waals surface area (Å²) < 4.78 is 27.7. The van der Waals surface area contributed by atoms with Crippen LogP contribution in [-0.4, -0.2) is 51.3 Å². The van der Waals surface area contributed by atoms with Crippen LogP contribution in [0, 0.1) is 0 Å². The molecule has 7 heteroatoms. The number of hydrogen-bond donors (Lipinski definition) is 2. The van der Waals surface area contributed by atoms with Crippen LogP contribution in [0.15, 0.2) is 0 Å². The smallest absolute Gasteiger partial charge is 0.407 e. The highest BCUT2D eigenvalue weighted by Crippen LogP contribution is 2.15. The monoisotopic (exact) mass is 276 g/mol. The number of ether oxygens (including phenoxy) is 1. The van der Waals surface area contributed by atoms with E-state index in [0.717, 1.165) is 25.9 Å². The van der Waals surface area contributed by atoms with Crippen LogP contribution >= 0.6 is 0 Å². The lowest BCUT2D eigenvalue weighted by Crippen LogP contribution is -2.44. The summed E-state index contributed by atoms with van der Waals surface area (Å²) in [5.74, 6) is 0.247. The van der Waals surface area contributed by atoms with E-state index in [9.17, 15) is 13.2 Å². The van der Waals surface area contributed by atoms with Crippen molar-refractivity contribution in [2.24, 2.45) is 0 Å². The maximum absolute atomic E-state index is 11.6. The van der Waals surface area contributed by atoms with E-state index < -0.39 is 15.9 Å². The van der Waals surface area contributed by atoms with Crippen molar-refractivity contribution in [3.8, 4) is 0 Å². The largest absolute Gasteiger partial charge is 0.446 e. The van der Waals surface area contributed by atoms with E-state index >= 15 is 0 Å². The summed E-state index contributed by atoms with van der Waals surface area (Å²) in [6.45, 7) is 1.82. The molecule has 18 heavy (non-hydrogen) atoms. The van der Waals surface area contributed by atoms with Crippen molar-refractivity contribution >= 4 is 15.9 Å². The molecule has 2 rings (SSSR count). The van der Waals surface area contributed by atoms with Crippen molar-refractivity contribution in [3.05, 3.63) is 0 Å². The van der Waals surface area contributed by atoms with Crippen LogP contribution in [-0.2, 0) is 14.6 Å². The van der Waals surface area contributed by atoms with E-state index in [0.29, 0.717) is 12.8 Å². The van der Waals surface area contributed by atoms with Gasteiger partial charge in [0.2, 0.25) is 0 Å². The molecule has 104 valence electrons. The second-order valence-electron chi connectivity index (χ2n) is 4.93. The van der Waals surface area contributed by atoms with Crippen LogP contribution in [0.4, 0.5) is 4.79 Å². The Balaban J connectivity index is 1.71. The number of carbonyl (C=O) groups excluding carboxylic acids is 1. The number of alkyl carbamates (subject to hydrolysis) is 1. The highest BCUT2D eigenvalue weighted by atomic mass is 32.2.